The lowest BCUT2D eigenvalue weighted by atomic mass is 9.82. The van der Waals surface area contributed by atoms with Crippen LogP contribution in [0.25, 0.3) is 11.0 Å². The summed E-state index contributed by atoms with van der Waals surface area (Å²) in [5, 5.41) is 4.82. The zero-order valence-corrected chi connectivity index (χ0v) is 17.8. The Hall–Kier alpha value is -2.21. The smallest absolute Gasteiger partial charge is 0.142 e. The van der Waals surface area contributed by atoms with Crippen molar-refractivity contribution in [3.8, 4) is 0 Å². The highest BCUT2D eigenvalue weighted by atomic mass is 32.1. The van der Waals surface area contributed by atoms with E-state index in [1.807, 2.05) is 6.20 Å². The van der Waals surface area contributed by atoms with Gasteiger partial charge >= 0.3 is 0 Å². The van der Waals surface area contributed by atoms with Gasteiger partial charge in [0.05, 0.1) is 10.3 Å². The second kappa shape index (κ2) is 7.24. The molecule has 1 aliphatic heterocycles. The van der Waals surface area contributed by atoms with Crippen molar-refractivity contribution in [1.82, 2.24) is 15.0 Å². The normalized spacial score (nSPS) is 23.4. The van der Waals surface area contributed by atoms with Gasteiger partial charge in [-0.3, -0.25) is 0 Å². The maximum atomic E-state index is 5.11. The second-order valence-electron chi connectivity index (χ2n) is 9.04. The Morgan fingerprint density at radius 3 is 2.83 bits per heavy atom. The minimum absolute atomic E-state index is 0.220. The molecule has 1 spiro atoms. The molecular formula is C23H29N5S. The largest absolute Gasteiger partial charge is 0.371 e. The number of aromatic nitrogens is 3. The number of aromatic amines is 1. The van der Waals surface area contributed by atoms with Gasteiger partial charge in [0.1, 0.15) is 17.8 Å². The Morgan fingerprint density at radius 2 is 2.03 bits per heavy atom. The number of hydrogen-bond acceptors (Lipinski definition) is 5. The van der Waals surface area contributed by atoms with E-state index in [-0.39, 0.29) is 4.87 Å². The van der Waals surface area contributed by atoms with Gasteiger partial charge in [-0.15, -0.1) is 0 Å². The van der Waals surface area contributed by atoms with Crippen LogP contribution in [-0.2, 0) is 0 Å². The van der Waals surface area contributed by atoms with E-state index >= 15 is 0 Å². The number of nitrogens with one attached hydrogen (secondary N) is 2. The highest BCUT2D eigenvalue weighted by molar-refractivity contribution is 7.81. The number of anilines is 2. The van der Waals surface area contributed by atoms with Crippen LogP contribution in [0.2, 0.25) is 0 Å². The van der Waals surface area contributed by atoms with Crippen LogP contribution in [-0.4, -0.2) is 32.9 Å². The third kappa shape index (κ3) is 3.82. The number of nitrogens with zero attached hydrogens (tertiary/aromatic N) is 3. The Kier molecular flexibility index (Phi) is 4.69. The Balaban J connectivity index is 1.35. The number of fused-ring (bicyclic) bond motifs is 1. The minimum atomic E-state index is -0.220. The third-order valence-corrected chi connectivity index (χ3v) is 7.22. The lowest BCUT2D eigenvalue weighted by Gasteiger charge is -2.41. The molecule has 1 aromatic carbocycles. The highest BCUT2D eigenvalue weighted by Gasteiger charge is 2.49. The summed E-state index contributed by atoms with van der Waals surface area (Å²) >= 11 is 5.11. The molecule has 0 amide bonds. The van der Waals surface area contributed by atoms with Crippen molar-refractivity contribution in [1.29, 1.82) is 0 Å². The van der Waals surface area contributed by atoms with Crippen molar-refractivity contribution in [2.45, 2.75) is 43.9 Å². The molecule has 2 N–H and O–H groups in total. The van der Waals surface area contributed by atoms with E-state index in [1.54, 1.807) is 6.33 Å². The number of para-hydroxylation sites is 1. The van der Waals surface area contributed by atoms with Gasteiger partial charge in [-0.2, -0.15) is 12.6 Å². The van der Waals surface area contributed by atoms with Crippen LogP contribution >= 0.6 is 12.6 Å². The Morgan fingerprint density at radius 1 is 1.21 bits per heavy atom. The molecule has 5 nitrogen and oxygen atoms in total. The first-order valence-corrected chi connectivity index (χ1v) is 11.1. The first kappa shape index (κ1) is 18.8. The zero-order valence-electron chi connectivity index (χ0n) is 16.9. The summed E-state index contributed by atoms with van der Waals surface area (Å²) in [6.45, 7) is 4.36. The first-order chi connectivity index (χ1) is 14.0. The molecule has 0 radical (unpaired) electrons. The molecule has 0 bridgehead atoms. The Labute approximate surface area is 177 Å². The van der Waals surface area contributed by atoms with Crippen molar-refractivity contribution < 1.29 is 0 Å². The van der Waals surface area contributed by atoms with E-state index < -0.39 is 0 Å². The van der Waals surface area contributed by atoms with Crippen LogP contribution in [0.5, 0.6) is 0 Å². The van der Waals surface area contributed by atoms with E-state index in [4.69, 9.17) is 12.6 Å². The molecule has 2 aliphatic rings. The highest BCUT2D eigenvalue weighted by Crippen LogP contribution is 2.55. The quantitative estimate of drug-likeness (QED) is 0.416. The third-order valence-electron chi connectivity index (χ3n) is 6.74. The second-order valence-corrected chi connectivity index (χ2v) is 9.97. The maximum Gasteiger partial charge on any atom is 0.142 e. The van der Waals surface area contributed by atoms with E-state index in [1.165, 1.54) is 25.7 Å². The van der Waals surface area contributed by atoms with Crippen LogP contribution in [0.15, 0.2) is 48.9 Å². The van der Waals surface area contributed by atoms with Crippen molar-refractivity contribution in [3.05, 3.63) is 48.9 Å². The van der Waals surface area contributed by atoms with Crippen molar-refractivity contribution in [2.24, 2.45) is 11.3 Å². The summed E-state index contributed by atoms with van der Waals surface area (Å²) in [4.78, 5) is 14.5. The fourth-order valence-electron chi connectivity index (χ4n) is 4.93. The monoisotopic (exact) mass is 407 g/mol. The predicted octanol–water partition coefficient (Wildman–Crippen LogP) is 5.10. The molecule has 2 fully saturated rings. The van der Waals surface area contributed by atoms with Gasteiger partial charge in [-0.05, 0) is 68.6 Å². The minimum Gasteiger partial charge on any atom is -0.371 e. The molecule has 1 aliphatic carbocycles. The van der Waals surface area contributed by atoms with Crippen molar-refractivity contribution >= 4 is 35.2 Å². The van der Waals surface area contributed by atoms with E-state index in [0.29, 0.717) is 11.3 Å². The summed E-state index contributed by atoms with van der Waals surface area (Å²) < 4.78 is 0. The topological polar surface area (TPSA) is 56.8 Å². The van der Waals surface area contributed by atoms with Crippen LogP contribution < -0.4 is 10.2 Å². The van der Waals surface area contributed by atoms with Crippen LogP contribution in [0.3, 0.4) is 0 Å². The van der Waals surface area contributed by atoms with E-state index in [2.05, 4.69) is 68.5 Å². The molecule has 3 heterocycles. The fraction of sp³-hybridized carbons (Fsp3) is 0.478. The molecule has 2 atom stereocenters. The molecule has 1 saturated heterocycles. The summed E-state index contributed by atoms with van der Waals surface area (Å²) in [5.74, 6) is 1.62. The summed E-state index contributed by atoms with van der Waals surface area (Å²) in [5.41, 5.74) is 2.46. The molecule has 1 saturated carbocycles. The fourth-order valence-corrected chi connectivity index (χ4v) is 5.28. The van der Waals surface area contributed by atoms with Crippen molar-refractivity contribution in [2.75, 3.05) is 23.3 Å². The Bertz CT molecular complexity index is 979. The lowest BCUT2D eigenvalue weighted by molar-refractivity contribution is 0.274. The summed E-state index contributed by atoms with van der Waals surface area (Å²) in [6, 6.07) is 12.6. The van der Waals surface area contributed by atoms with Gasteiger partial charge in [0.15, 0.2) is 0 Å². The molecule has 29 heavy (non-hydrogen) atoms. The van der Waals surface area contributed by atoms with E-state index in [0.717, 1.165) is 42.0 Å². The average Bonchev–Trinajstić information content (AvgIpc) is 3.28. The maximum absolute atomic E-state index is 5.11. The van der Waals surface area contributed by atoms with Gasteiger partial charge in [0.25, 0.3) is 0 Å². The summed E-state index contributed by atoms with van der Waals surface area (Å²) in [7, 11) is 0. The molecular weight excluding hydrogens is 378 g/mol. The SMILES string of the molecule is CC(S)(Nc1ccccc1)C1CCCN(c2ncnc3[nH]ccc23)CC2(CC2)C1. The van der Waals surface area contributed by atoms with Gasteiger partial charge in [0, 0.05) is 25.0 Å². The number of benzene rings is 1. The van der Waals surface area contributed by atoms with Gasteiger partial charge in [-0.25, -0.2) is 9.97 Å². The van der Waals surface area contributed by atoms with Crippen LogP contribution in [0.1, 0.15) is 39.0 Å². The molecule has 5 rings (SSSR count). The molecule has 6 heteroatoms. The first-order valence-electron chi connectivity index (χ1n) is 10.6. The van der Waals surface area contributed by atoms with Gasteiger partial charge < -0.3 is 15.2 Å². The predicted molar refractivity (Wildman–Crippen MR) is 123 cm³/mol. The zero-order chi connectivity index (χ0) is 19.9. The van der Waals surface area contributed by atoms with Gasteiger partial charge in [-0.1, -0.05) is 18.2 Å². The van der Waals surface area contributed by atoms with Crippen LogP contribution in [0, 0.1) is 11.3 Å². The molecule has 152 valence electrons. The van der Waals surface area contributed by atoms with Crippen LogP contribution in [0.4, 0.5) is 11.5 Å². The molecule has 2 unspecified atom stereocenters. The molecule has 2 aromatic heterocycles. The van der Waals surface area contributed by atoms with E-state index in [9.17, 15) is 0 Å². The average molecular weight is 408 g/mol. The van der Waals surface area contributed by atoms with Gasteiger partial charge in [0.2, 0.25) is 0 Å². The number of H-pyrrole nitrogens is 1. The number of hydrogen-bond donors (Lipinski definition) is 3. The number of rotatable bonds is 4. The lowest BCUT2D eigenvalue weighted by Crippen LogP contribution is -2.43. The number of thiol groups is 1. The summed E-state index contributed by atoms with van der Waals surface area (Å²) in [6.07, 6.45) is 9.77. The van der Waals surface area contributed by atoms with Crippen molar-refractivity contribution in [3.63, 3.8) is 0 Å². The molecule has 3 aromatic rings. The standard InChI is InChI=1S/C23H29N5S/c1-22(29,27-18-7-3-2-4-8-18)17-6-5-13-28(15-23(14-17)10-11-23)21-19-9-12-24-20(19)25-16-26-21/h2-4,7-9,12,16-17,27,29H,5-6,10-11,13-15H2,1H3,(H,24,25,26).